The largest absolute Gasteiger partial charge is 0.494 e. The Kier molecular flexibility index (Phi) is 5.65. The molecule has 0 aromatic heterocycles. The third-order valence-electron chi connectivity index (χ3n) is 2.97. The molecular weight excluding hydrogens is 336 g/mol. The van der Waals surface area contributed by atoms with Crippen molar-refractivity contribution in [1.82, 2.24) is 10.3 Å². The first kappa shape index (κ1) is 17.3. The van der Waals surface area contributed by atoms with Gasteiger partial charge in [0.2, 0.25) is 0 Å². The fourth-order valence-electron chi connectivity index (χ4n) is 1.79. The fraction of sp³-hybridized carbons (Fsp3) is 0.125. The Morgan fingerprint density at radius 2 is 1.74 bits per heavy atom. The van der Waals surface area contributed by atoms with E-state index in [1.165, 1.54) is 12.1 Å². The lowest BCUT2D eigenvalue weighted by Gasteiger charge is -2.12. The van der Waals surface area contributed by atoms with Crippen molar-refractivity contribution in [1.29, 1.82) is 0 Å². The van der Waals surface area contributed by atoms with Gasteiger partial charge in [0.1, 0.15) is 5.75 Å². The SMILES string of the molecule is C=C(NNS(=O)(=O)c1ccc(OCC)cc1)c1ccc(Cl)cc1. The average molecular weight is 353 g/mol. The van der Waals surface area contributed by atoms with Gasteiger partial charge in [-0.25, -0.2) is 8.42 Å². The van der Waals surface area contributed by atoms with Gasteiger partial charge in [0.25, 0.3) is 10.0 Å². The highest BCUT2D eigenvalue weighted by Crippen LogP contribution is 2.17. The van der Waals surface area contributed by atoms with E-state index in [0.717, 1.165) is 5.56 Å². The van der Waals surface area contributed by atoms with Crippen LogP contribution in [0, 0.1) is 0 Å². The van der Waals surface area contributed by atoms with Crippen LogP contribution in [0.4, 0.5) is 0 Å². The molecule has 0 aliphatic rings. The number of sulfonamides is 1. The molecule has 0 amide bonds. The van der Waals surface area contributed by atoms with E-state index in [1.54, 1.807) is 36.4 Å². The molecule has 122 valence electrons. The quantitative estimate of drug-likeness (QED) is 0.751. The van der Waals surface area contributed by atoms with E-state index in [9.17, 15) is 8.42 Å². The van der Waals surface area contributed by atoms with Gasteiger partial charge in [0, 0.05) is 10.7 Å². The van der Waals surface area contributed by atoms with Gasteiger partial charge >= 0.3 is 0 Å². The molecule has 2 rings (SSSR count). The van der Waals surface area contributed by atoms with Gasteiger partial charge in [-0.1, -0.05) is 30.3 Å². The van der Waals surface area contributed by atoms with Crippen LogP contribution in [-0.4, -0.2) is 15.0 Å². The molecule has 0 spiro atoms. The average Bonchev–Trinajstić information content (AvgIpc) is 2.54. The van der Waals surface area contributed by atoms with E-state index in [1.807, 2.05) is 6.92 Å². The Morgan fingerprint density at radius 1 is 1.13 bits per heavy atom. The van der Waals surface area contributed by atoms with E-state index >= 15 is 0 Å². The van der Waals surface area contributed by atoms with Crippen molar-refractivity contribution < 1.29 is 13.2 Å². The standard InChI is InChI=1S/C16H17ClN2O3S/c1-3-22-15-8-10-16(11-9-15)23(20,21)19-18-12(2)13-4-6-14(17)7-5-13/h4-11,18-19H,2-3H2,1H3. The molecule has 2 N–H and O–H groups in total. The van der Waals surface area contributed by atoms with Gasteiger partial charge in [0.05, 0.1) is 11.5 Å². The smallest absolute Gasteiger partial charge is 0.257 e. The Balaban J connectivity index is 2.03. The van der Waals surface area contributed by atoms with E-state index in [0.29, 0.717) is 23.1 Å². The third-order valence-corrected chi connectivity index (χ3v) is 4.49. The number of hydrazine groups is 1. The van der Waals surface area contributed by atoms with Crippen molar-refractivity contribution in [2.45, 2.75) is 11.8 Å². The number of nitrogens with one attached hydrogen (secondary N) is 2. The summed E-state index contributed by atoms with van der Waals surface area (Å²) in [6, 6.07) is 13.0. The molecule has 2 aromatic carbocycles. The molecule has 7 heteroatoms. The summed E-state index contributed by atoms with van der Waals surface area (Å²) in [6.45, 7) is 6.17. The molecular formula is C16H17ClN2O3S. The maximum atomic E-state index is 12.2. The van der Waals surface area contributed by atoms with Crippen molar-refractivity contribution in [2.24, 2.45) is 0 Å². The highest BCUT2D eigenvalue weighted by Gasteiger charge is 2.14. The van der Waals surface area contributed by atoms with Crippen molar-refractivity contribution >= 4 is 27.3 Å². The van der Waals surface area contributed by atoms with Gasteiger partial charge in [0.15, 0.2) is 0 Å². The summed E-state index contributed by atoms with van der Waals surface area (Å²) in [5.74, 6) is 0.616. The zero-order chi connectivity index (χ0) is 16.9. The molecule has 0 aliphatic heterocycles. The number of hydrogen-bond donors (Lipinski definition) is 2. The molecule has 0 aliphatic carbocycles. The van der Waals surface area contributed by atoms with Crippen LogP contribution in [0.25, 0.3) is 5.70 Å². The summed E-state index contributed by atoms with van der Waals surface area (Å²) in [4.78, 5) is 2.41. The van der Waals surface area contributed by atoms with Gasteiger partial charge in [-0.2, -0.15) is 0 Å². The summed E-state index contributed by atoms with van der Waals surface area (Å²) in [6.07, 6.45) is 0. The van der Waals surface area contributed by atoms with Gasteiger partial charge in [-0.15, -0.1) is 4.83 Å². The van der Waals surface area contributed by atoms with Gasteiger partial charge < -0.3 is 10.2 Å². The number of hydrogen-bond acceptors (Lipinski definition) is 4. The van der Waals surface area contributed by atoms with Crippen LogP contribution >= 0.6 is 11.6 Å². The van der Waals surface area contributed by atoms with Crippen molar-refractivity contribution in [2.75, 3.05) is 6.61 Å². The predicted octanol–water partition coefficient (Wildman–Crippen LogP) is 3.19. The second kappa shape index (κ2) is 7.50. The van der Waals surface area contributed by atoms with Gasteiger partial charge in [-0.3, -0.25) is 0 Å². The zero-order valence-electron chi connectivity index (χ0n) is 12.5. The third kappa shape index (κ3) is 4.72. The lowest BCUT2D eigenvalue weighted by atomic mass is 10.2. The van der Waals surface area contributed by atoms with E-state index in [-0.39, 0.29) is 4.90 Å². The minimum atomic E-state index is -3.71. The molecule has 2 aromatic rings. The fourth-order valence-corrected chi connectivity index (χ4v) is 2.79. The summed E-state index contributed by atoms with van der Waals surface area (Å²) in [7, 11) is -3.71. The molecule has 0 radical (unpaired) electrons. The minimum Gasteiger partial charge on any atom is -0.494 e. The topological polar surface area (TPSA) is 67.4 Å². The molecule has 5 nitrogen and oxygen atoms in total. The predicted molar refractivity (Wildman–Crippen MR) is 91.6 cm³/mol. The Morgan fingerprint density at radius 3 is 2.30 bits per heavy atom. The molecule has 0 heterocycles. The van der Waals surface area contributed by atoms with Crippen LogP contribution in [0.5, 0.6) is 5.75 Å². The zero-order valence-corrected chi connectivity index (χ0v) is 14.1. The molecule has 0 saturated carbocycles. The summed E-state index contributed by atoms with van der Waals surface area (Å²) in [5, 5.41) is 0.594. The normalized spacial score (nSPS) is 11.0. The van der Waals surface area contributed by atoms with Crippen LogP contribution < -0.4 is 15.0 Å². The first-order valence-corrected chi connectivity index (χ1v) is 8.74. The van der Waals surface area contributed by atoms with Crippen LogP contribution in [0.2, 0.25) is 5.02 Å². The summed E-state index contributed by atoms with van der Waals surface area (Å²) in [5.41, 5.74) is 3.73. The molecule has 0 saturated heterocycles. The Labute approximate surface area is 141 Å². The number of ether oxygens (including phenoxy) is 1. The van der Waals surface area contributed by atoms with E-state index in [2.05, 4.69) is 16.8 Å². The van der Waals surface area contributed by atoms with Crippen molar-refractivity contribution in [3.63, 3.8) is 0 Å². The lowest BCUT2D eigenvalue weighted by Crippen LogP contribution is -2.35. The molecule has 0 unspecified atom stereocenters. The first-order valence-electron chi connectivity index (χ1n) is 6.88. The van der Waals surface area contributed by atoms with Crippen LogP contribution in [0.3, 0.4) is 0 Å². The second-order valence-corrected chi connectivity index (χ2v) is 6.74. The maximum absolute atomic E-state index is 12.2. The Bertz CT molecular complexity index is 772. The molecule has 0 bridgehead atoms. The second-order valence-electron chi connectivity index (χ2n) is 4.62. The van der Waals surface area contributed by atoms with Crippen molar-refractivity contribution in [3.8, 4) is 5.75 Å². The van der Waals surface area contributed by atoms with Crippen LogP contribution in [-0.2, 0) is 10.0 Å². The van der Waals surface area contributed by atoms with Crippen molar-refractivity contribution in [3.05, 3.63) is 65.7 Å². The number of halogens is 1. The molecule has 0 atom stereocenters. The van der Waals surface area contributed by atoms with Gasteiger partial charge in [-0.05, 0) is 48.9 Å². The van der Waals surface area contributed by atoms with Crippen LogP contribution in [0.15, 0.2) is 60.0 Å². The first-order chi connectivity index (χ1) is 10.9. The minimum absolute atomic E-state index is 0.123. The lowest BCUT2D eigenvalue weighted by molar-refractivity contribution is 0.340. The highest BCUT2D eigenvalue weighted by atomic mass is 35.5. The summed E-state index contributed by atoms with van der Waals surface area (Å²) < 4.78 is 29.7. The van der Waals surface area contributed by atoms with Crippen LogP contribution in [0.1, 0.15) is 12.5 Å². The number of rotatable bonds is 7. The Hall–Kier alpha value is -2.02. The molecule has 23 heavy (non-hydrogen) atoms. The maximum Gasteiger partial charge on any atom is 0.257 e. The molecule has 0 fully saturated rings. The number of benzene rings is 2. The highest BCUT2D eigenvalue weighted by molar-refractivity contribution is 7.89. The monoisotopic (exact) mass is 352 g/mol. The van der Waals surface area contributed by atoms with E-state index < -0.39 is 10.0 Å². The summed E-state index contributed by atoms with van der Waals surface area (Å²) >= 11 is 5.81. The van der Waals surface area contributed by atoms with E-state index in [4.69, 9.17) is 16.3 Å².